The van der Waals surface area contributed by atoms with E-state index in [2.05, 4.69) is 10.1 Å². The lowest BCUT2D eigenvalue weighted by atomic mass is 9.91. The molecule has 6 nitrogen and oxygen atoms in total. The Hall–Kier alpha value is -2.37. The van der Waals surface area contributed by atoms with Crippen molar-refractivity contribution in [3.63, 3.8) is 0 Å². The minimum atomic E-state index is -0.0648. The van der Waals surface area contributed by atoms with E-state index in [9.17, 15) is 4.79 Å². The van der Waals surface area contributed by atoms with Gasteiger partial charge in [-0.3, -0.25) is 4.79 Å². The largest absolute Gasteiger partial charge is 0.492 e. The predicted molar refractivity (Wildman–Crippen MR) is 91.2 cm³/mol. The summed E-state index contributed by atoms with van der Waals surface area (Å²) in [6.45, 7) is 3.92. The molecule has 1 saturated heterocycles. The van der Waals surface area contributed by atoms with Crippen molar-refractivity contribution in [2.24, 2.45) is 11.8 Å². The molecule has 0 saturated carbocycles. The fourth-order valence-corrected chi connectivity index (χ4v) is 3.77. The Kier molecular flexibility index (Phi) is 4.42. The zero-order chi connectivity index (χ0) is 17.2. The number of likely N-dealkylation sites (tertiary alicyclic amines) is 1. The van der Waals surface area contributed by atoms with Crippen molar-refractivity contribution in [3.05, 3.63) is 41.5 Å². The Morgan fingerprint density at radius 3 is 2.84 bits per heavy atom. The van der Waals surface area contributed by atoms with Crippen LogP contribution < -0.4 is 4.74 Å². The third-order valence-corrected chi connectivity index (χ3v) is 5.19. The van der Waals surface area contributed by atoms with E-state index < -0.39 is 0 Å². The molecule has 4 rings (SSSR count). The van der Waals surface area contributed by atoms with Crippen LogP contribution in [0.4, 0.5) is 0 Å². The van der Waals surface area contributed by atoms with E-state index in [1.165, 1.54) is 0 Å². The molecule has 0 radical (unpaired) electrons. The highest BCUT2D eigenvalue weighted by atomic mass is 16.5. The highest BCUT2D eigenvalue weighted by molar-refractivity contribution is 5.80. The number of fused-ring (bicyclic) bond motifs is 1. The van der Waals surface area contributed by atoms with Crippen LogP contribution in [-0.2, 0) is 17.6 Å². The number of carbonyl (C=O) groups excluding carboxylic acids is 1. The van der Waals surface area contributed by atoms with E-state index in [-0.39, 0.29) is 11.8 Å². The van der Waals surface area contributed by atoms with Gasteiger partial charge in [0.05, 0.1) is 5.92 Å². The minimum Gasteiger partial charge on any atom is -0.492 e. The van der Waals surface area contributed by atoms with Crippen LogP contribution in [0, 0.1) is 18.8 Å². The number of carbonyl (C=O) groups is 1. The Labute approximate surface area is 147 Å². The number of aromatic nitrogens is 2. The molecule has 1 fully saturated rings. The number of piperidine rings is 1. The normalized spacial score (nSPS) is 20.8. The highest BCUT2D eigenvalue weighted by Crippen LogP contribution is 2.29. The molecule has 2 aliphatic heterocycles. The van der Waals surface area contributed by atoms with Crippen LogP contribution in [0.2, 0.25) is 0 Å². The lowest BCUT2D eigenvalue weighted by molar-refractivity contribution is -0.138. The maximum Gasteiger partial charge on any atom is 0.229 e. The summed E-state index contributed by atoms with van der Waals surface area (Å²) in [5, 5.41) is 3.84. The molecule has 0 N–H and O–H groups in total. The number of ether oxygens (including phenoxy) is 1. The Morgan fingerprint density at radius 2 is 2.08 bits per heavy atom. The highest BCUT2D eigenvalue weighted by Gasteiger charge is 2.32. The van der Waals surface area contributed by atoms with Crippen molar-refractivity contribution in [2.75, 3.05) is 19.7 Å². The van der Waals surface area contributed by atoms with Crippen molar-refractivity contribution in [1.82, 2.24) is 15.0 Å². The third kappa shape index (κ3) is 3.52. The van der Waals surface area contributed by atoms with Gasteiger partial charge < -0.3 is 14.2 Å². The molecule has 0 spiro atoms. The van der Waals surface area contributed by atoms with E-state index in [4.69, 9.17) is 9.26 Å². The van der Waals surface area contributed by atoms with Crippen LogP contribution in [-0.4, -0.2) is 40.6 Å². The minimum absolute atomic E-state index is 0.0648. The first kappa shape index (κ1) is 16.1. The monoisotopic (exact) mass is 341 g/mol. The Morgan fingerprint density at radius 1 is 1.28 bits per heavy atom. The number of nitrogens with zero attached hydrogens (tertiary/aromatic N) is 3. The summed E-state index contributed by atoms with van der Waals surface area (Å²) in [7, 11) is 0. The van der Waals surface area contributed by atoms with Gasteiger partial charge in [-0.05, 0) is 43.7 Å². The average molecular weight is 341 g/mol. The molecule has 1 amide bonds. The third-order valence-electron chi connectivity index (χ3n) is 5.19. The topological polar surface area (TPSA) is 68.5 Å². The molecule has 3 heterocycles. The Balaban J connectivity index is 1.31. The van der Waals surface area contributed by atoms with Gasteiger partial charge in [0, 0.05) is 19.5 Å². The van der Waals surface area contributed by atoms with Crippen molar-refractivity contribution >= 4 is 5.91 Å². The second-order valence-electron chi connectivity index (χ2n) is 7.03. The molecule has 6 heteroatoms. The standard InChI is InChI=1S/C19H23N3O3/c1-13-20-18(25-21-13)10-14-6-8-22(9-7-14)19(23)16-11-15-4-2-3-5-17(15)24-12-16/h2-5,14,16H,6-12H2,1H3/t16-/m1/s1. The zero-order valence-corrected chi connectivity index (χ0v) is 14.5. The molecule has 1 atom stereocenters. The first-order chi connectivity index (χ1) is 12.2. The van der Waals surface area contributed by atoms with Crippen LogP contribution in [0.1, 0.15) is 30.1 Å². The van der Waals surface area contributed by atoms with Crippen LogP contribution in [0.15, 0.2) is 28.8 Å². The fourth-order valence-electron chi connectivity index (χ4n) is 3.77. The number of amides is 1. The maximum atomic E-state index is 12.8. The first-order valence-electron chi connectivity index (χ1n) is 8.97. The van der Waals surface area contributed by atoms with Gasteiger partial charge in [0.15, 0.2) is 5.82 Å². The zero-order valence-electron chi connectivity index (χ0n) is 14.5. The molecule has 0 unspecified atom stereocenters. The van der Waals surface area contributed by atoms with Gasteiger partial charge in [-0.15, -0.1) is 0 Å². The van der Waals surface area contributed by atoms with Crippen LogP contribution in [0.5, 0.6) is 5.75 Å². The van der Waals surface area contributed by atoms with Gasteiger partial charge in [-0.1, -0.05) is 23.4 Å². The predicted octanol–water partition coefficient (Wildman–Crippen LogP) is 2.41. The lowest BCUT2D eigenvalue weighted by Gasteiger charge is -2.35. The van der Waals surface area contributed by atoms with E-state index in [0.717, 1.165) is 50.1 Å². The number of hydrogen-bond acceptors (Lipinski definition) is 5. The van der Waals surface area contributed by atoms with Gasteiger partial charge in [0.2, 0.25) is 11.8 Å². The second kappa shape index (κ2) is 6.86. The van der Waals surface area contributed by atoms with Crippen molar-refractivity contribution in [1.29, 1.82) is 0 Å². The van der Waals surface area contributed by atoms with E-state index in [1.807, 2.05) is 36.1 Å². The maximum absolute atomic E-state index is 12.8. The molecule has 25 heavy (non-hydrogen) atoms. The van der Waals surface area contributed by atoms with Crippen LogP contribution in [0.25, 0.3) is 0 Å². The Bertz CT molecular complexity index is 750. The number of aryl methyl sites for hydroxylation is 1. The summed E-state index contributed by atoms with van der Waals surface area (Å²) in [4.78, 5) is 19.1. The number of para-hydroxylation sites is 1. The first-order valence-corrected chi connectivity index (χ1v) is 8.97. The summed E-state index contributed by atoms with van der Waals surface area (Å²) in [6, 6.07) is 7.99. The van der Waals surface area contributed by atoms with Gasteiger partial charge >= 0.3 is 0 Å². The molecule has 0 bridgehead atoms. The summed E-state index contributed by atoms with van der Waals surface area (Å²) in [6.07, 6.45) is 3.55. The molecule has 1 aromatic heterocycles. The quantitative estimate of drug-likeness (QED) is 0.857. The molecule has 2 aliphatic rings. The summed E-state index contributed by atoms with van der Waals surface area (Å²) < 4.78 is 11.0. The number of hydrogen-bond donors (Lipinski definition) is 0. The fraction of sp³-hybridized carbons (Fsp3) is 0.526. The summed E-state index contributed by atoms with van der Waals surface area (Å²) >= 11 is 0. The van der Waals surface area contributed by atoms with Crippen LogP contribution >= 0.6 is 0 Å². The summed E-state index contributed by atoms with van der Waals surface area (Å²) in [5.74, 6) is 2.97. The van der Waals surface area contributed by atoms with Gasteiger partial charge in [-0.2, -0.15) is 4.98 Å². The van der Waals surface area contributed by atoms with Crippen molar-refractivity contribution in [3.8, 4) is 5.75 Å². The van der Waals surface area contributed by atoms with Gasteiger partial charge in [-0.25, -0.2) is 0 Å². The molecular weight excluding hydrogens is 318 g/mol. The van der Waals surface area contributed by atoms with E-state index in [0.29, 0.717) is 24.2 Å². The van der Waals surface area contributed by atoms with Crippen molar-refractivity contribution in [2.45, 2.75) is 32.6 Å². The van der Waals surface area contributed by atoms with Gasteiger partial charge in [0.1, 0.15) is 12.4 Å². The molecule has 2 aromatic rings. The SMILES string of the molecule is Cc1noc(CC2CCN(C(=O)[C@H]3COc4ccccc4C3)CC2)n1. The van der Waals surface area contributed by atoms with E-state index >= 15 is 0 Å². The average Bonchev–Trinajstić information content (AvgIpc) is 3.06. The second-order valence-corrected chi connectivity index (χ2v) is 7.03. The number of rotatable bonds is 3. The van der Waals surface area contributed by atoms with Crippen molar-refractivity contribution < 1.29 is 14.1 Å². The smallest absolute Gasteiger partial charge is 0.229 e. The molecular formula is C19H23N3O3. The lowest BCUT2D eigenvalue weighted by Crippen LogP contribution is -2.45. The van der Waals surface area contributed by atoms with E-state index in [1.54, 1.807) is 0 Å². The van der Waals surface area contributed by atoms with Gasteiger partial charge in [0.25, 0.3) is 0 Å². The van der Waals surface area contributed by atoms with Crippen LogP contribution in [0.3, 0.4) is 0 Å². The summed E-state index contributed by atoms with van der Waals surface area (Å²) in [5.41, 5.74) is 1.13. The molecule has 1 aromatic carbocycles. The molecule has 0 aliphatic carbocycles. The number of benzene rings is 1. The molecule has 132 valence electrons.